The van der Waals surface area contributed by atoms with Gasteiger partial charge in [0, 0.05) is 6.54 Å². The van der Waals surface area contributed by atoms with E-state index in [0.717, 1.165) is 4.90 Å². The molecule has 8 heteroatoms. The van der Waals surface area contributed by atoms with Gasteiger partial charge < -0.3 is 9.84 Å². The number of nitrogens with zero attached hydrogens (tertiary/aromatic N) is 1. The Labute approximate surface area is 101 Å². The molecule has 0 aromatic carbocycles. The first kappa shape index (κ1) is 12.7. The molecule has 1 saturated heterocycles. The van der Waals surface area contributed by atoms with Crippen molar-refractivity contribution in [3.05, 3.63) is 0 Å². The zero-order chi connectivity index (χ0) is 11.6. The number of alkyl halides is 3. The molecule has 1 aliphatic rings. The highest BCUT2D eigenvalue weighted by Crippen LogP contribution is 2.27. The molecule has 1 amide bonds. The smallest absolute Gasteiger partial charge is 0.413 e. The van der Waals surface area contributed by atoms with E-state index >= 15 is 0 Å². The minimum Gasteiger partial charge on any atom is -0.480 e. The van der Waals surface area contributed by atoms with E-state index in [4.69, 9.17) is 39.9 Å². The predicted molar refractivity (Wildman–Crippen MR) is 54.4 cm³/mol. The first-order valence-corrected chi connectivity index (χ1v) is 5.32. The molecule has 0 aliphatic carbocycles. The van der Waals surface area contributed by atoms with Gasteiger partial charge in [-0.15, -0.1) is 11.6 Å². The number of carboxylic acids is 1. The van der Waals surface area contributed by atoms with Crippen molar-refractivity contribution >= 4 is 46.9 Å². The molecular formula is C7H8Cl3NO4. The van der Waals surface area contributed by atoms with Gasteiger partial charge in [-0.05, 0) is 6.42 Å². The van der Waals surface area contributed by atoms with E-state index in [0.29, 0.717) is 13.0 Å². The molecule has 0 bridgehead atoms. The molecular weight excluding hydrogens is 268 g/mol. The summed E-state index contributed by atoms with van der Waals surface area (Å²) in [5.74, 6) is -1.38. The van der Waals surface area contributed by atoms with Gasteiger partial charge in [0.15, 0.2) is 0 Å². The summed E-state index contributed by atoms with van der Waals surface area (Å²) in [6, 6.07) is -0.864. The fourth-order valence-corrected chi connectivity index (χ4v) is 1.26. The second kappa shape index (κ2) is 4.63. The number of carbonyl (C=O) groups is 2. The van der Waals surface area contributed by atoms with Crippen LogP contribution in [0.4, 0.5) is 4.79 Å². The molecule has 15 heavy (non-hydrogen) atoms. The average Bonchev–Trinajstić information content (AvgIpc) is 1.99. The number of likely N-dealkylation sites (tertiary alicyclic amines) is 1. The summed E-state index contributed by atoms with van der Waals surface area (Å²) >= 11 is 16.3. The van der Waals surface area contributed by atoms with E-state index in [9.17, 15) is 9.59 Å². The topological polar surface area (TPSA) is 66.8 Å². The van der Waals surface area contributed by atoms with E-state index < -0.39 is 22.6 Å². The van der Waals surface area contributed by atoms with Crippen LogP contribution in [-0.2, 0) is 9.53 Å². The summed E-state index contributed by atoms with van der Waals surface area (Å²) in [6.45, 7) is 0.307. The Morgan fingerprint density at radius 2 is 2.13 bits per heavy atom. The molecule has 0 aromatic rings. The SMILES string of the molecule is O=C(O)[C@H]1CCN1C(=O)OC(Cl)(Cl)CCl. The number of halogens is 3. The zero-order valence-electron chi connectivity index (χ0n) is 7.45. The summed E-state index contributed by atoms with van der Waals surface area (Å²) < 4.78 is 2.77. The van der Waals surface area contributed by atoms with Gasteiger partial charge in [-0.3, -0.25) is 4.90 Å². The fraction of sp³-hybridized carbons (Fsp3) is 0.714. The lowest BCUT2D eigenvalue weighted by Gasteiger charge is -2.37. The van der Waals surface area contributed by atoms with Gasteiger partial charge in [0.05, 0.1) is 5.88 Å². The molecule has 0 spiro atoms. The van der Waals surface area contributed by atoms with Crippen molar-refractivity contribution in [2.45, 2.75) is 17.0 Å². The third-order valence-corrected chi connectivity index (χ3v) is 3.00. The molecule has 86 valence electrons. The molecule has 1 atom stereocenters. The summed E-state index contributed by atoms with van der Waals surface area (Å²) in [5, 5.41) is 8.67. The summed E-state index contributed by atoms with van der Waals surface area (Å²) in [6.07, 6.45) is -0.484. The third-order valence-electron chi connectivity index (χ3n) is 1.93. The molecule has 1 heterocycles. The van der Waals surface area contributed by atoms with Crippen LogP contribution < -0.4 is 0 Å². The second-order valence-electron chi connectivity index (χ2n) is 2.98. The molecule has 0 radical (unpaired) electrons. The summed E-state index contributed by atoms with van der Waals surface area (Å²) in [4.78, 5) is 22.9. The zero-order valence-corrected chi connectivity index (χ0v) is 9.72. The number of ether oxygens (including phenoxy) is 1. The van der Waals surface area contributed by atoms with Crippen LogP contribution in [0.25, 0.3) is 0 Å². The Kier molecular flexibility index (Phi) is 3.92. The van der Waals surface area contributed by atoms with E-state index in [1.165, 1.54) is 0 Å². The largest absolute Gasteiger partial charge is 0.480 e. The first-order chi connectivity index (χ1) is 6.87. The maximum absolute atomic E-state index is 11.3. The number of rotatable bonds is 3. The number of amides is 1. The van der Waals surface area contributed by atoms with Gasteiger partial charge in [-0.2, -0.15) is 0 Å². The van der Waals surface area contributed by atoms with E-state index in [2.05, 4.69) is 4.74 Å². The van der Waals surface area contributed by atoms with Crippen LogP contribution in [0, 0.1) is 0 Å². The normalized spacial score (nSPS) is 20.7. The molecule has 0 unspecified atom stereocenters. The number of carbonyl (C=O) groups excluding carboxylic acids is 1. The van der Waals surface area contributed by atoms with Crippen molar-refractivity contribution in [1.82, 2.24) is 4.90 Å². The standard InChI is InChI=1S/C7H8Cl3NO4/c8-3-7(9,10)15-6(14)11-2-1-4(11)5(12)13/h4H,1-3H2,(H,12,13)/t4-/m1/s1. The Morgan fingerprint density at radius 3 is 2.47 bits per heavy atom. The second-order valence-corrected chi connectivity index (χ2v) is 4.66. The van der Waals surface area contributed by atoms with Gasteiger partial charge in [-0.1, -0.05) is 23.2 Å². The summed E-state index contributed by atoms with van der Waals surface area (Å²) in [5.41, 5.74) is 0. The van der Waals surface area contributed by atoms with E-state index in [1.54, 1.807) is 0 Å². The van der Waals surface area contributed by atoms with Crippen LogP contribution in [-0.4, -0.2) is 45.1 Å². The molecule has 1 aliphatic heterocycles. The minimum absolute atomic E-state index is 0.298. The monoisotopic (exact) mass is 275 g/mol. The minimum atomic E-state index is -1.82. The van der Waals surface area contributed by atoms with Crippen LogP contribution in [0.2, 0.25) is 0 Å². The molecule has 0 aromatic heterocycles. The van der Waals surface area contributed by atoms with E-state index in [-0.39, 0.29) is 5.88 Å². The highest BCUT2D eigenvalue weighted by atomic mass is 35.5. The van der Waals surface area contributed by atoms with E-state index in [1.807, 2.05) is 0 Å². The Balaban J connectivity index is 2.52. The van der Waals surface area contributed by atoms with Crippen molar-refractivity contribution in [2.24, 2.45) is 0 Å². The van der Waals surface area contributed by atoms with Gasteiger partial charge in [-0.25, -0.2) is 9.59 Å². The molecule has 5 nitrogen and oxygen atoms in total. The fourth-order valence-electron chi connectivity index (χ4n) is 1.08. The lowest BCUT2D eigenvalue weighted by atomic mass is 10.1. The van der Waals surface area contributed by atoms with Crippen LogP contribution in [0.5, 0.6) is 0 Å². The Morgan fingerprint density at radius 1 is 1.53 bits per heavy atom. The third kappa shape index (κ3) is 3.03. The first-order valence-electron chi connectivity index (χ1n) is 4.03. The van der Waals surface area contributed by atoms with Crippen molar-refractivity contribution < 1.29 is 19.4 Å². The Bertz CT molecular complexity index is 283. The molecule has 1 N–H and O–H groups in total. The molecule has 1 rings (SSSR count). The lowest BCUT2D eigenvalue weighted by Crippen LogP contribution is -2.56. The van der Waals surface area contributed by atoms with Crippen molar-refractivity contribution in [3.63, 3.8) is 0 Å². The van der Waals surface area contributed by atoms with Gasteiger partial charge >= 0.3 is 12.1 Å². The highest BCUT2D eigenvalue weighted by Gasteiger charge is 2.41. The Hall–Kier alpha value is -0.390. The predicted octanol–water partition coefficient (Wildman–Crippen LogP) is 1.65. The highest BCUT2D eigenvalue weighted by molar-refractivity contribution is 6.50. The molecule has 0 saturated carbocycles. The van der Waals surface area contributed by atoms with Crippen LogP contribution in [0.15, 0.2) is 0 Å². The van der Waals surface area contributed by atoms with Gasteiger partial charge in [0.25, 0.3) is 4.52 Å². The van der Waals surface area contributed by atoms with Crippen LogP contribution in [0.3, 0.4) is 0 Å². The summed E-state index contributed by atoms with van der Waals surface area (Å²) in [7, 11) is 0. The van der Waals surface area contributed by atoms with Gasteiger partial charge in [0.2, 0.25) is 0 Å². The number of hydrogen-bond donors (Lipinski definition) is 1. The molecule has 1 fully saturated rings. The van der Waals surface area contributed by atoms with Crippen LogP contribution >= 0.6 is 34.8 Å². The number of aliphatic carboxylic acids is 1. The average molecular weight is 277 g/mol. The number of carboxylic acid groups (broad SMARTS) is 1. The van der Waals surface area contributed by atoms with Gasteiger partial charge in [0.1, 0.15) is 6.04 Å². The quantitative estimate of drug-likeness (QED) is 0.796. The maximum atomic E-state index is 11.3. The van der Waals surface area contributed by atoms with Crippen molar-refractivity contribution in [2.75, 3.05) is 12.4 Å². The van der Waals surface area contributed by atoms with Crippen molar-refractivity contribution in [3.8, 4) is 0 Å². The lowest BCUT2D eigenvalue weighted by molar-refractivity contribution is -0.147. The number of hydrogen-bond acceptors (Lipinski definition) is 3. The maximum Gasteiger partial charge on any atom is 0.413 e. The van der Waals surface area contributed by atoms with Crippen LogP contribution in [0.1, 0.15) is 6.42 Å². The van der Waals surface area contributed by atoms with Crippen molar-refractivity contribution in [1.29, 1.82) is 0 Å².